The predicted octanol–water partition coefficient (Wildman–Crippen LogP) is 1.94. The van der Waals surface area contributed by atoms with E-state index in [1.54, 1.807) is 25.4 Å². The number of methoxy groups -OCH3 is 1. The zero-order valence-corrected chi connectivity index (χ0v) is 11.3. The summed E-state index contributed by atoms with van der Waals surface area (Å²) in [6.07, 6.45) is 1.56. The summed E-state index contributed by atoms with van der Waals surface area (Å²) in [5.41, 5.74) is 8.52. The lowest BCUT2D eigenvalue weighted by Gasteiger charge is -2.08. The van der Waals surface area contributed by atoms with E-state index in [4.69, 9.17) is 10.5 Å². The molecule has 5 heteroatoms. The third-order valence-electron chi connectivity index (χ3n) is 2.81. The molecule has 0 aliphatic heterocycles. The van der Waals surface area contributed by atoms with Crippen molar-refractivity contribution in [2.45, 2.75) is 13.2 Å². The molecule has 0 saturated carbocycles. The Kier molecular flexibility index (Phi) is 4.68. The molecule has 0 aliphatic rings. The first-order chi connectivity index (χ1) is 9.69. The van der Waals surface area contributed by atoms with Gasteiger partial charge in [-0.05, 0) is 23.3 Å². The van der Waals surface area contributed by atoms with E-state index in [1.807, 2.05) is 18.2 Å². The summed E-state index contributed by atoms with van der Waals surface area (Å²) in [5, 5.41) is 3.24. The van der Waals surface area contributed by atoms with E-state index in [9.17, 15) is 4.79 Å². The van der Waals surface area contributed by atoms with Gasteiger partial charge in [0, 0.05) is 25.5 Å². The summed E-state index contributed by atoms with van der Waals surface area (Å²) in [4.78, 5) is 15.0. The number of primary amides is 1. The minimum atomic E-state index is -0.532. The number of aromatic nitrogens is 1. The second kappa shape index (κ2) is 6.68. The second-order valence-electron chi connectivity index (χ2n) is 4.40. The maximum atomic E-state index is 11.1. The van der Waals surface area contributed by atoms with Crippen LogP contribution in [0.3, 0.4) is 0 Å². The van der Waals surface area contributed by atoms with Gasteiger partial charge in [0.15, 0.2) is 0 Å². The number of pyridine rings is 1. The van der Waals surface area contributed by atoms with Crippen LogP contribution in [-0.2, 0) is 17.9 Å². The molecule has 3 N–H and O–H groups in total. The molecule has 0 atom stereocenters. The Hall–Kier alpha value is -2.40. The van der Waals surface area contributed by atoms with Crippen LogP contribution < -0.4 is 11.1 Å². The summed E-state index contributed by atoms with van der Waals surface area (Å²) >= 11 is 0. The van der Waals surface area contributed by atoms with Crippen LogP contribution in [-0.4, -0.2) is 18.0 Å². The maximum absolute atomic E-state index is 11.1. The molecule has 0 bridgehead atoms. The zero-order chi connectivity index (χ0) is 14.4. The monoisotopic (exact) mass is 271 g/mol. The molecule has 1 aromatic carbocycles. The number of anilines is 1. The van der Waals surface area contributed by atoms with E-state index in [1.165, 1.54) is 0 Å². The summed E-state index contributed by atoms with van der Waals surface area (Å²) in [7, 11) is 1.67. The van der Waals surface area contributed by atoms with Gasteiger partial charge in [-0.1, -0.05) is 24.3 Å². The number of nitrogens with two attached hydrogens (primary N) is 1. The van der Waals surface area contributed by atoms with Gasteiger partial charge in [0.2, 0.25) is 0 Å². The molecular formula is C15H17N3O2. The lowest BCUT2D eigenvalue weighted by atomic mass is 10.1. The molecular weight excluding hydrogens is 254 g/mol. The molecule has 0 fully saturated rings. The number of hydrogen-bond acceptors (Lipinski definition) is 4. The molecule has 5 nitrogen and oxygen atoms in total. The van der Waals surface area contributed by atoms with Crippen LogP contribution >= 0.6 is 0 Å². The Balaban J connectivity index is 2.03. The fourth-order valence-electron chi connectivity index (χ4n) is 1.88. The summed E-state index contributed by atoms with van der Waals surface area (Å²) in [5.74, 6) is -0.532. The second-order valence-corrected chi connectivity index (χ2v) is 4.40. The lowest BCUT2D eigenvalue weighted by molar-refractivity contribution is 0.0995. The van der Waals surface area contributed by atoms with Crippen LogP contribution in [0.15, 0.2) is 42.6 Å². The van der Waals surface area contributed by atoms with Crippen molar-refractivity contribution in [1.82, 2.24) is 4.98 Å². The first kappa shape index (κ1) is 14.0. The van der Waals surface area contributed by atoms with Crippen molar-refractivity contribution >= 4 is 11.6 Å². The molecule has 1 aromatic heterocycles. The van der Waals surface area contributed by atoms with Crippen molar-refractivity contribution in [3.63, 3.8) is 0 Å². The number of hydrogen-bond donors (Lipinski definition) is 2. The van der Waals surface area contributed by atoms with Gasteiger partial charge < -0.3 is 15.8 Å². The smallest absolute Gasteiger partial charge is 0.267 e. The molecule has 2 aromatic rings. The Bertz CT molecular complexity index is 599. The zero-order valence-electron chi connectivity index (χ0n) is 11.3. The van der Waals surface area contributed by atoms with Crippen LogP contribution in [0, 0.1) is 0 Å². The molecule has 104 valence electrons. The van der Waals surface area contributed by atoms with Crippen molar-refractivity contribution in [1.29, 1.82) is 0 Å². The number of nitrogens with zero attached hydrogens (tertiary/aromatic N) is 1. The van der Waals surface area contributed by atoms with Gasteiger partial charge in [-0.15, -0.1) is 0 Å². The molecule has 0 aliphatic carbocycles. The van der Waals surface area contributed by atoms with E-state index in [2.05, 4.69) is 16.4 Å². The van der Waals surface area contributed by atoms with Crippen LogP contribution in [0.1, 0.15) is 21.6 Å². The van der Waals surface area contributed by atoms with Gasteiger partial charge >= 0.3 is 0 Å². The number of ether oxygens (including phenoxy) is 1. The predicted molar refractivity (Wildman–Crippen MR) is 77.2 cm³/mol. The summed E-state index contributed by atoms with van der Waals surface area (Å²) in [6, 6.07) is 11.6. The van der Waals surface area contributed by atoms with Crippen LogP contribution in [0.2, 0.25) is 0 Å². The average Bonchev–Trinajstić information content (AvgIpc) is 2.46. The number of benzene rings is 1. The van der Waals surface area contributed by atoms with Crippen molar-refractivity contribution in [2.75, 3.05) is 12.4 Å². The molecule has 0 spiro atoms. The molecule has 1 heterocycles. The van der Waals surface area contributed by atoms with Crippen molar-refractivity contribution in [2.24, 2.45) is 5.73 Å². The van der Waals surface area contributed by atoms with E-state index >= 15 is 0 Å². The number of nitrogens with one attached hydrogen (secondary N) is 1. The van der Waals surface area contributed by atoms with Crippen molar-refractivity contribution in [3.8, 4) is 0 Å². The van der Waals surface area contributed by atoms with E-state index in [-0.39, 0.29) is 5.69 Å². The Labute approximate surface area is 117 Å². The Morgan fingerprint density at radius 1 is 1.30 bits per heavy atom. The Morgan fingerprint density at radius 2 is 2.10 bits per heavy atom. The molecule has 20 heavy (non-hydrogen) atoms. The van der Waals surface area contributed by atoms with Crippen molar-refractivity contribution in [3.05, 3.63) is 59.4 Å². The third-order valence-corrected chi connectivity index (χ3v) is 2.81. The highest BCUT2D eigenvalue weighted by Crippen LogP contribution is 2.11. The van der Waals surface area contributed by atoms with Crippen LogP contribution in [0.25, 0.3) is 0 Å². The quantitative estimate of drug-likeness (QED) is 0.841. The van der Waals surface area contributed by atoms with Gasteiger partial charge in [0.1, 0.15) is 5.69 Å². The molecule has 1 amide bonds. The number of amides is 1. The molecule has 0 unspecified atom stereocenters. The van der Waals surface area contributed by atoms with Gasteiger partial charge in [-0.25, -0.2) is 0 Å². The largest absolute Gasteiger partial charge is 0.381 e. The first-order valence-electron chi connectivity index (χ1n) is 6.25. The summed E-state index contributed by atoms with van der Waals surface area (Å²) in [6.45, 7) is 1.24. The SMILES string of the molecule is COCc1cccc(CNc2ccnc(C(N)=O)c2)c1. The number of rotatable bonds is 6. The van der Waals surface area contributed by atoms with Gasteiger partial charge in [-0.2, -0.15) is 0 Å². The Morgan fingerprint density at radius 3 is 2.85 bits per heavy atom. The minimum absolute atomic E-state index is 0.253. The number of carbonyl (C=O) groups is 1. The van der Waals surface area contributed by atoms with Crippen molar-refractivity contribution < 1.29 is 9.53 Å². The third kappa shape index (κ3) is 3.80. The van der Waals surface area contributed by atoms with Gasteiger partial charge in [0.25, 0.3) is 5.91 Å². The van der Waals surface area contributed by atoms with E-state index < -0.39 is 5.91 Å². The number of carbonyl (C=O) groups excluding carboxylic acids is 1. The molecule has 0 radical (unpaired) electrons. The average molecular weight is 271 g/mol. The fourth-order valence-corrected chi connectivity index (χ4v) is 1.88. The van der Waals surface area contributed by atoms with Gasteiger partial charge in [-0.3, -0.25) is 9.78 Å². The highest BCUT2D eigenvalue weighted by atomic mass is 16.5. The fraction of sp³-hybridized carbons (Fsp3) is 0.200. The van der Waals surface area contributed by atoms with Crippen LogP contribution in [0.4, 0.5) is 5.69 Å². The minimum Gasteiger partial charge on any atom is -0.381 e. The standard InChI is InChI=1S/C15H17N3O2/c1-20-10-12-4-2-3-11(7-12)9-18-13-5-6-17-14(8-13)15(16)19/h2-8H,9-10H2,1H3,(H2,16,19)(H,17,18). The van der Waals surface area contributed by atoms with E-state index in [0.29, 0.717) is 13.2 Å². The molecule has 0 saturated heterocycles. The summed E-state index contributed by atoms with van der Waals surface area (Å²) < 4.78 is 5.11. The highest BCUT2D eigenvalue weighted by Gasteiger charge is 2.03. The van der Waals surface area contributed by atoms with E-state index in [0.717, 1.165) is 16.8 Å². The highest BCUT2D eigenvalue weighted by molar-refractivity contribution is 5.91. The topological polar surface area (TPSA) is 77.2 Å². The normalized spacial score (nSPS) is 10.2. The van der Waals surface area contributed by atoms with Gasteiger partial charge in [0.05, 0.1) is 6.61 Å². The molecule has 2 rings (SSSR count). The van der Waals surface area contributed by atoms with Crippen LogP contribution in [0.5, 0.6) is 0 Å². The lowest BCUT2D eigenvalue weighted by Crippen LogP contribution is -2.13. The first-order valence-corrected chi connectivity index (χ1v) is 6.25. The maximum Gasteiger partial charge on any atom is 0.267 e.